The fourth-order valence-electron chi connectivity index (χ4n) is 3.78. The molecule has 1 aromatic rings. The van der Waals surface area contributed by atoms with Crippen LogP contribution < -0.4 is 0 Å². The molecule has 0 radical (unpaired) electrons. The van der Waals surface area contributed by atoms with E-state index in [-0.39, 0.29) is 6.61 Å². The number of β-amino-alcohol motifs (C(OH)–C–C–N with tert-alkyl or cyclic N) is 1. The summed E-state index contributed by atoms with van der Waals surface area (Å²) < 4.78 is 0. The van der Waals surface area contributed by atoms with E-state index in [0.717, 1.165) is 50.3 Å². The van der Waals surface area contributed by atoms with E-state index in [9.17, 15) is 0 Å². The number of rotatable bonds is 5. The van der Waals surface area contributed by atoms with Gasteiger partial charge in [0.1, 0.15) is 0 Å². The average molecular weight is 338 g/mol. The number of piperazine rings is 1. The van der Waals surface area contributed by atoms with Crippen molar-refractivity contribution < 1.29 is 5.11 Å². The van der Waals surface area contributed by atoms with Crippen molar-refractivity contribution in [2.75, 3.05) is 52.4 Å². The molecule has 3 rings (SSSR count). The molecular formula is C18H28ClN3O. The van der Waals surface area contributed by atoms with Crippen LogP contribution in [0.4, 0.5) is 0 Å². The van der Waals surface area contributed by atoms with E-state index >= 15 is 0 Å². The third-order valence-electron chi connectivity index (χ3n) is 5.22. The third kappa shape index (κ3) is 4.91. The molecule has 1 aromatic carbocycles. The van der Waals surface area contributed by atoms with Crippen molar-refractivity contribution in [3.8, 4) is 0 Å². The van der Waals surface area contributed by atoms with Crippen LogP contribution in [0.5, 0.6) is 0 Å². The first-order valence-corrected chi connectivity index (χ1v) is 9.16. The summed E-state index contributed by atoms with van der Waals surface area (Å²) in [6.45, 7) is 9.03. The first-order valence-electron chi connectivity index (χ1n) is 8.78. The van der Waals surface area contributed by atoms with Crippen molar-refractivity contribution in [3.63, 3.8) is 0 Å². The third-order valence-corrected chi connectivity index (χ3v) is 5.47. The second kappa shape index (κ2) is 8.45. The number of hydrogen-bond donors (Lipinski definition) is 1. The maximum Gasteiger partial charge on any atom is 0.0558 e. The zero-order chi connectivity index (χ0) is 16.1. The zero-order valence-corrected chi connectivity index (χ0v) is 14.6. The lowest BCUT2D eigenvalue weighted by Crippen LogP contribution is -2.53. The molecule has 128 valence electrons. The fraction of sp³-hybridized carbons (Fsp3) is 0.667. The van der Waals surface area contributed by atoms with Crippen molar-refractivity contribution in [3.05, 3.63) is 34.9 Å². The Balaban J connectivity index is 1.41. The molecule has 0 aliphatic carbocycles. The lowest BCUT2D eigenvalue weighted by molar-refractivity contribution is 0.0516. The van der Waals surface area contributed by atoms with Crippen LogP contribution in [-0.4, -0.2) is 78.3 Å². The van der Waals surface area contributed by atoms with E-state index in [2.05, 4.69) is 26.8 Å². The number of halogens is 1. The van der Waals surface area contributed by atoms with Gasteiger partial charge in [0.05, 0.1) is 6.61 Å². The summed E-state index contributed by atoms with van der Waals surface area (Å²) in [5.74, 6) is 0. The molecule has 2 aliphatic rings. The highest BCUT2D eigenvalue weighted by Gasteiger charge is 2.27. The zero-order valence-electron chi connectivity index (χ0n) is 13.8. The molecule has 2 saturated heterocycles. The number of likely N-dealkylation sites (tertiary alicyclic amines) is 1. The molecule has 23 heavy (non-hydrogen) atoms. The second-order valence-electron chi connectivity index (χ2n) is 6.74. The summed E-state index contributed by atoms with van der Waals surface area (Å²) >= 11 is 5.95. The minimum absolute atomic E-state index is 0.281. The topological polar surface area (TPSA) is 30.0 Å². The number of benzene rings is 1. The van der Waals surface area contributed by atoms with Crippen LogP contribution in [-0.2, 0) is 6.54 Å². The van der Waals surface area contributed by atoms with E-state index in [0.29, 0.717) is 0 Å². The predicted octanol–water partition coefficient (Wildman–Crippen LogP) is 1.91. The van der Waals surface area contributed by atoms with Crippen molar-refractivity contribution in [1.82, 2.24) is 14.7 Å². The van der Waals surface area contributed by atoms with Crippen LogP contribution in [0.15, 0.2) is 24.3 Å². The minimum Gasteiger partial charge on any atom is -0.395 e. The number of aliphatic hydroxyl groups is 1. The summed E-state index contributed by atoms with van der Waals surface area (Å²) in [4.78, 5) is 7.58. The lowest BCUT2D eigenvalue weighted by Gasteiger charge is -2.42. The van der Waals surface area contributed by atoms with Gasteiger partial charge in [-0.05, 0) is 43.6 Å². The Morgan fingerprint density at radius 1 is 0.913 bits per heavy atom. The molecule has 4 nitrogen and oxygen atoms in total. The molecule has 0 saturated carbocycles. The van der Waals surface area contributed by atoms with Crippen molar-refractivity contribution in [1.29, 1.82) is 0 Å². The normalized spacial score (nSPS) is 22.5. The smallest absolute Gasteiger partial charge is 0.0558 e. The van der Waals surface area contributed by atoms with Gasteiger partial charge in [-0.1, -0.05) is 23.7 Å². The van der Waals surface area contributed by atoms with Crippen LogP contribution >= 0.6 is 11.6 Å². The van der Waals surface area contributed by atoms with E-state index in [1.165, 1.54) is 31.5 Å². The highest BCUT2D eigenvalue weighted by Crippen LogP contribution is 2.20. The number of aliphatic hydroxyl groups excluding tert-OH is 1. The van der Waals surface area contributed by atoms with Gasteiger partial charge in [-0.25, -0.2) is 0 Å². The Kier molecular flexibility index (Phi) is 6.31. The van der Waals surface area contributed by atoms with Gasteiger partial charge >= 0.3 is 0 Å². The van der Waals surface area contributed by atoms with Gasteiger partial charge in [-0.15, -0.1) is 0 Å². The Bertz CT molecular complexity index is 466. The van der Waals surface area contributed by atoms with Crippen LogP contribution in [0.3, 0.4) is 0 Å². The van der Waals surface area contributed by atoms with Crippen molar-refractivity contribution >= 4 is 11.6 Å². The summed E-state index contributed by atoms with van der Waals surface area (Å²) in [7, 11) is 0. The molecule has 0 amide bonds. The summed E-state index contributed by atoms with van der Waals surface area (Å²) in [5, 5.41) is 9.84. The quantitative estimate of drug-likeness (QED) is 0.889. The summed E-state index contributed by atoms with van der Waals surface area (Å²) in [5.41, 5.74) is 1.35. The highest BCUT2D eigenvalue weighted by atomic mass is 35.5. The van der Waals surface area contributed by atoms with Gasteiger partial charge in [0.25, 0.3) is 0 Å². The molecule has 1 N–H and O–H groups in total. The van der Waals surface area contributed by atoms with E-state index < -0.39 is 0 Å². The Morgan fingerprint density at radius 3 is 2.17 bits per heavy atom. The molecule has 0 spiro atoms. The van der Waals surface area contributed by atoms with Crippen LogP contribution in [0.25, 0.3) is 0 Å². The van der Waals surface area contributed by atoms with Crippen LogP contribution in [0.1, 0.15) is 18.4 Å². The maximum absolute atomic E-state index is 9.03. The predicted molar refractivity (Wildman–Crippen MR) is 94.8 cm³/mol. The molecule has 2 aliphatic heterocycles. The highest BCUT2D eigenvalue weighted by molar-refractivity contribution is 6.30. The number of hydrogen-bond acceptors (Lipinski definition) is 4. The molecule has 0 bridgehead atoms. The molecule has 2 heterocycles. The van der Waals surface area contributed by atoms with Gasteiger partial charge < -0.3 is 5.11 Å². The lowest BCUT2D eigenvalue weighted by atomic mass is 10.0. The molecular weight excluding hydrogens is 310 g/mol. The largest absolute Gasteiger partial charge is 0.395 e. The van der Waals surface area contributed by atoms with Crippen LogP contribution in [0, 0.1) is 0 Å². The molecule has 5 heteroatoms. The monoisotopic (exact) mass is 337 g/mol. The van der Waals surface area contributed by atoms with Crippen LogP contribution in [0.2, 0.25) is 5.02 Å². The van der Waals surface area contributed by atoms with E-state index in [1.807, 2.05) is 12.1 Å². The number of nitrogens with zero attached hydrogens (tertiary/aromatic N) is 3. The Morgan fingerprint density at radius 2 is 1.57 bits per heavy atom. The minimum atomic E-state index is 0.281. The molecule has 2 fully saturated rings. The standard InChI is InChI=1S/C18H28ClN3O/c19-17-3-1-16(2-4-17)15-21-7-5-18(6-8-21)22-11-9-20(10-12-22)13-14-23/h1-4,18,23H,5-15H2. The number of piperidine rings is 1. The first-order chi connectivity index (χ1) is 11.2. The summed E-state index contributed by atoms with van der Waals surface area (Å²) in [6.07, 6.45) is 2.54. The Hall–Kier alpha value is -0.650. The molecule has 0 aromatic heterocycles. The SMILES string of the molecule is OCCN1CCN(C2CCN(Cc3ccc(Cl)cc3)CC2)CC1. The molecule has 0 unspecified atom stereocenters. The van der Waals surface area contributed by atoms with E-state index in [4.69, 9.17) is 16.7 Å². The molecule has 0 atom stereocenters. The van der Waals surface area contributed by atoms with Gasteiger partial charge in [-0.2, -0.15) is 0 Å². The van der Waals surface area contributed by atoms with Gasteiger partial charge in [-0.3, -0.25) is 14.7 Å². The second-order valence-corrected chi connectivity index (χ2v) is 7.17. The fourth-order valence-corrected chi connectivity index (χ4v) is 3.91. The maximum atomic E-state index is 9.03. The van der Waals surface area contributed by atoms with Gasteiger partial charge in [0.2, 0.25) is 0 Å². The van der Waals surface area contributed by atoms with Crippen molar-refractivity contribution in [2.24, 2.45) is 0 Å². The van der Waals surface area contributed by atoms with E-state index in [1.54, 1.807) is 0 Å². The summed E-state index contributed by atoms with van der Waals surface area (Å²) in [6, 6.07) is 8.97. The van der Waals surface area contributed by atoms with Gasteiger partial charge in [0, 0.05) is 50.3 Å². The Labute approximate surface area is 144 Å². The van der Waals surface area contributed by atoms with Gasteiger partial charge in [0.15, 0.2) is 0 Å². The average Bonchev–Trinajstić information content (AvgIpc) is 2.59. The first kappa shape index (κ1) is 17.2. The van der Waals surface area contributed by atoms with Crippen molar-refractivity contribution in [2.45, 2.75) is 25.4 Å².